The molecule has 2 nitrogen and oxygen atoms in total. The molecular formula is C17H19ClFNO. The maximum absolute atomic E-state index is 14.0. The largest absolute Gasteiger partial charge is 0.389 e. The summed E-state index contributed by atoms with van der Waals surface area (Å²) in [5, 5.41) is 10.5. The van der Waals surface area contributed by atoms with E-state index in [9.17, 15) is 9.50 Å². The van der Waals surface area contributed by atoms with E-state index in [0.29, 0.717) is 16.3 Å². The summed E-state index contributed by atoms with van der Waals surface area (Å²) in [7, 11) is 1.87. The first-order chi connectivity index (χ1) is 9.93. The van der Waals surface area contributed by atoms with Crippen LogP contribution in [0.15, 0.2) is 42.5 Å². The Kier molecular flexibility index (Phi) is 4.86. The quantitative estimate of drug-likeness (QED) is 0.882. The van der Waals surface area contributed by atoms with Crippen LogP contribution in [-0.2, 0) is 0 Å². The van der Waals surface area contributed by atoms with Crippen molar-refractivity contribution in [1.82, 2.24) is 0 Å². The summed E-state index contributed by atoms with van der Waals surface area (Å²) in [5.41, 5.74) is 1.93. The van der Waals surface area contributed by atoms with Gasteiger partial charge in [-0.3, -0.25) is 0 Å². The Morgan fingerprint density at radius 3 is 2.38 bits per heavy atom. The maximum Gasteiger partial charge on any atom is 0.131 e. The molecular weight excluding hydrogens is 289 g/mol. The molecule has 112 valence electrons. The molecule has 0 fully saturated rings. The molecule has 0 amide bonds. The molecule has 0 radical (unpaired) electrons. The molecule has 0 heterocycles. The lowest BCUT2D eigenvalue weighted by atomic mass is 10.0. The zero-order chi connectivity index (χ0) is 15.6. The Morgan fingerprint density at radius 1 is 1.10 bits per heavy atom. The highest BCUT2D eigenvalue weighted by atomic mass is 35.5. The fourth-order valence-electron chi connectivity index (χ4n) is 2.48. The average Bonchev–Trinajstić information content (AvgIpc) is 2.45. The molecule has 21 heavy (non-hydrogen) atoms. The molecule has 0 aliphatic carbocycles. The van der Waals surface area contributed by atoms with Gasteiger partial charge in [-0.05, 0) is 37.6 Å². The Bertz CT molecular complexity index is 630. The van der Waals surface area contributed by atoms with Crippen LogP contribution >= 0.6 is 11.6 Å². The Balaban J connectivity index is 2.43. The lowest BCUT2D eigenvalue weighted by Crippen LogP contribution is -2.24. The number of rotatable bonds is 4. The summed E-state index contributed by atoms with van der Waals surface area (Å²) in [6.45, 7) is 3.56. The van der Waals surface area contributed by atoms with Gasteiger partial charge in [-0.25, -0.2) is 4.39 Å². The molecule has 0 aliphatic rings. The van der Waals surface area contributed by atoms with Crippen LogP contribution in [-0.4, -0.2) is 12.2 Å². The molecule has 2 rings (SSSR count). The SMILES string of the molecule is CC(O)c1c(F)cccc1N(C)C(C)c1ccccc1Cl. The van der Waals surface area contributed by atoms with Crippen LogP contribution in [0.25, 0.3) is 0 Å². The predicted octanol–water partition coefficient (Wildman–Crippen LogP) is 4.73. The topological polar surface area (TPSA) is 23.5 Å². The minimum atomic E-state index is -0.873. The average molecular weight is 308 g/mol. The molecule has 2 atom stereocenters. The van der Waals surface area contributed by atoms with Gasteiger partial charge in [-0.2, -0.15) is 0 Å². The van der Waals surface area contributed by atoms with Crippen LogP contribution in [0.3, 0.4) is 0 Å². The fraction of sp³-hybridized carbons (Fsp3) is 0.294. The highest BCUT2D eigenvalue weighted by Crippen LogP contribution is 2.34. The van der Waals surface area contributed by atoms with E-state index < -0.39 is 11.9 Å². The predicted molar refractivity (Wildman–Crippen MR) is 85.3 cm³/mol. The van der Waals surface area contributed by atoms with Crippen LogP contribution in [0, 0.1) is 5.82 Å². The molecule has 0 spiro atoms. The third-order valence-electron chi connectivity index (χ3n) is 3.76. The van der Waals surface area contributed by atoms with E-state index in [1.807, 2.05) is 43.1 Å². The van der Waals surface area contributed by atoms with Gasteiger partial charge >= 0.3 is 0 Å². The minimum Gasteiger partial charge on any atom is -0.389 e. The van der Waals surface area contributed by atoms with Crippen molar-refractivity contribution in [3.8, 4) is 0 Å². The van der Waals surface area contributed by atoms with Gasteiger partial charge in [0.25, 0.3) is 0 Å². The number of anilines is 1. The van der Waals surface area contributed by atoms with Crippen molar-refractivity contribution in [2.45, 2.75) is 26.0 Å². The summed E-state index contributed by atoms with van der Waals surface area (Å²) < 4.78 is 14.0. The lowest BCUT2D eigenvalue weighted by molar-refractivity contribution is 0.194. The van der Waals surface area contributed by atoms with E-state index in [2.05, 4.69) is 0 Å². The Hall–Kier alpha value is -1.58. The molecule has 4 heteroatoms. The number of hydrogen-bond acceptors (Lipinski definition) is 2. The molecule has 0 saturated heterocycles. The number of aliphatic hydroxyl groups excluding tert-OH is 1. The number of aliphatic hydroxyl groups is 1. The first kappa shape index (κ1) is 15.8. The van der Waals surface area contributed by atoms with Crippen LogP contribution in [0.5, 0.6) is 0 Å². The highest BCUT2D eigenvalue weighted by molar-refractivity contribution is 6.31. The van der Waals surface area contributed by atoms with Gasteiger partial charge in [0.05, 0.1) is 12.1 Å². The first-order valence-corrected chi connectivity index (χ1v) is 7.25. The van der Waals surface area contributed by atoms with Gasteiger partial charge in [0, 0.05) is 23.3 Å². The second-order valence-corrected chi connectivity index (χ2v) is 5.56. The molecule has 0 aliphatic heterocycles. The summed E-state index contributed by atoms with van der Waals surface area (Å²) in [5.74, 6) is -0.402. The van der Waals surface area contributed by atoms with Gasteiger partial charge in [0.2, 0.25) is 0 Å². The summed E-state index contributed by atoms with van der Waals surface area (Å²) >= 11 is 6.23. The van der Waals surface area contributed by atoms with Crippen LogP contribution in [0.2, 0.25) is 5.02 Å². The molecule has 0 bridgehead atoms. The van der Waals surface area contributed by atoms with Crippen molar-refractivity contribution in [3.63, 3.8) is 0 Å². The van der Waals surface area contributed by atoms with Crippen molar-refractivity contribution < 1.29 is 9.50 Å². The number of nitrogens with zero attached hydrogens (tertiary/aromatic N) is 1. The first-order valence-electron chi connectivity index (χ1n) is 6.87. The molecule has 2 aromatic rings. The second kappa shape index (κ2) is 6.46. The highest BCUT2D eigenvalue weighted by Gasteiger charge is 2.21. The number of halogens is 2. The smallest absolute Gasteiger partial charge is 0.131 e. The maximum atomic E-state index is 14.0. The lowest BCUT2D eigenvalue weighted by Gasteiger charge is -2.30. The molecule has 0 saturated carbocycles. The molecule has 2 aromatic carbocycles. The van der Waals surface area contributed by atoms with E-state index in [-0.39, 0.29) is 6.04 Å². The Morgan fingerprint density at radius 2 is 1.76 bits per heavy atom. The van der Waals surface area contributed by atoms with Gasteiger partial charge in [-0.1, -0.05) is 35.9 Å². The van der Waals surface area contributed by atoms with Crippen LogP contribution in [0.1, 0.15) is 37.1 Å². The van der Waals surface area contributed by atoms with E-state index in [1.54, 1.807) is 19.1 Å². The van der Waals surface area contributed by atoms with E-state index in [1.165, 1.54) is 6.07 Å². The summed E-state index contributed by atoms with van der Waals surface area (Å²) in [6, 6.07) is 12.4. The van der Waals surface area contributed by atoms with Crippen molar-refractivity contribution in [2.24, 2.45) is 0 Å². The fourth-order valence-corrected chi connectivity index (χ4v) is 2.77. The van der Waals surface area contributed by atoms with Crippen LogP contribution < -0.4 is 4.90 Å². The number of benzene rings is 2. The van der Waals surface area contributed by atoms with Gasteiger partial charge < -0.3 is 10.0 Å². The van der Waals surface area contributed by atoms with Gasteiger partial charge in [0.1, 0.15) is 5.82 Å². The molecule has 2 unspecified atom stereocenters. The minimum absolute atomic E-state index is 0.0435. The molecule has 0 aromatic heterocycles. The normalized spacial score (nSPS) is 13.8. The van der Waals surface area contributed by atoms with Crippen LogP contribution in [0.4, 0.5) is 10.1 Å². The second-order valence-electron chi connectivity index (χ2n) is 5.16. The van der Waals surface area contributed by atoms with Crippen molar-refractivity contribution >= 4 is 17.3 Å². The summed E-state index contributed by atoms with van der Waals surface area (Å²) in [6.07, 6.45) is -0.873. The van der Waals surface area contributed by atoms with Gasteiger partial charge in [0.15, 0.2) is 0 Å². The molecule has 1 N–H and O–H groups in total. The van der Waals surface area contributed by atoms with Crippen molar-refractivity contribution in [1.29, 1.82) is 0 Å². The van der Waals surface area contributed by atoms with E-state index in [0.717, 1.165) is 5.56 Å². The standard InChI is InChI=1S/C17H19ClFNO/c1-11(13-7-4-5-8-14(13)18)20(3)16-10-6-9-15(19)17(16)12(2)21/h4-12,21H,1-3H3. The van der Waals surface area contributed by atoms with E-state index >= 15 is 0 Å². The van der Waals surface area contributed by atoms with Crippen molar-refractivity contribution in [3.05, 3.63) is 64.4 Å². The summed E-state index contributed by atoms with van der Waals surface area (Å²) in [4.78, 5) is 1.92. The van der Waals surface area contributed by atoms with E-state index in [4.69, 9.17) is 11.6 Å². The zero-order valence-corrected chi connectivity index (χ0v) is 13.1. The number of hydrogen-bond donors (Lipinski definition) is 1. The van der Waals surface area contributed by atoms with Gasteiger partial charge in [-0.15, -0.1) is 0 Å². The van der Waals surface area contributed by atoms with Crippen molar-refractivity contribution in [2.75, 3.05) is 11.9 Å². The Labute approximate surface area is 129 Å². The third-order valence-corrected chi connectivity index (χ3v) is 4.11. The monoisotopic (exact) mass is 307 g/mol. The third kappa shape index (κ3) is 3.20. The zero-order valence-electron chi connectivity index (χ0n) is 12.3.